The third-order valence-electron chi connectivity index (χ3n) is 2.28. The summed E-state index contributed by atoms with van der Waals surface area (Å²) in [6.07, 6.45) is -0.522. The number of aliphatic carboxylic acids is 1. The molecule has 0 fully saturated rings. The number of aliphatic hydroxyl groups is 1. The molecule has 0 saturated carbocycles. The molecule has 1 rings (SSSR count). The molecule has 1 aromatic rings. The Labute approximate surface area is 105 Å². The molecule has 4 nitrogen and oxygen atoms in total. The molecule has 17 heavy (non-hydrogen) atoms. The van der Waals surface area contributed by atoms with Gasteiger partial charge in [0, 0.05) is 6.42 Å². The van der Waals surface area contributed by atoms with E-state index in [0.717, 1.165) is 5.56 Å². The van der Waals surface area contributed by atoms with E-state index in [9.17, 15) is 9.90 Å². The van der Waals surface area contributed by atoms with E-state index in [2.05, 4.69) is 5.32 Å². The number of hydrogen-bond donors (Lipinski definition) is 3. The van der Waals surface area contributed by atoms with Crippen molar-refractivity contribution >= 4 is 23.2 Å². The number of nitrogens with one attached hydrogen (secondary N) is 1. The number of hydrogen-bond acceptors (Lipinski definition) is 3. The van der Waals surface area contributed by atoms with Crippen LogP contribution in [0.5, 0.6) is 0 Å². The van der Waals surface area contributed by atoms with Gasteiger partial charge in [-0.15, -0.1) is 0 Å². The van der Waals surface area contributed by atoms with Crippen molar-refractivity contribution in [3.8, 4) is 0 Å². The van der Waals surface area contributed by atoms with Gasteiger partial charge in [0.2, 0.25) is 0 Å². The molecule has 0 heterocycles. The molecule has 2 atom stereocenters. The van der Waals surface area contributed by atoms with Crippen LogP contribution in [-0.4, -0.2) is 33.3 Å². The lowest BCUT2D eigenvalue weighted by molar-refractivity contribution is -0.139. The lowest BCUT2D eigenvalue weighted by atomic mass is 10.1. The summed E-state index contributed by atoms with van der Waals surface area (Å²) in [5, 5.41) is 20.9. The summed E-state index contributed by atoms with van der Waals surface area (Å²) in [5.74, 6) is -0.989. The van der Waals surface area contributed by atoms with Crippen LogP contribution < -0.4 is 5.32 Å². The topological polar surface area (TPSA) is 69.6 Å². The minimum Gasteiger partial charge on any atom is -0.480 e. The highest BCUT2D eigenvalue weighted by Crippen LogP contribution is 2.04. The van der Waals surface area contributed by atoms with E-state index in [1.165, 1.54) is 6.92 Å². The Balaban J connectivity index is 2.68. The Morgan fingerprint density at radius 1 is 1.41 bits per heavy atom. The first-order valence-electron chi connectivity index (χ1n) is 5.26. The van der Waals surface area contributed by atoms with Crippen LogP contribution in [0, 0.1) is 0 Å². The molecule has 0 aliphatic heterocycles. The number of carboxylic acids is 1. The quantitative estimate of drug-likeness (QED) is 0.682. The molecular formula is C12H15NO3S. The van der Waals surface area contributed by atoms with Gasteiger partial charge < -0.3 is 15.5 Å². The predicted molar refractivity (Wildman–Crippen MR) is 69.0 cm³/mol. The number of carbonyl (C=O) groups is 1. The zero-order valence-corrected chi connectivity index (χ0v) is 10.3. The van der Waals surface area contributed by atoms with Crippen molar-refractivity contribution in [2.75, 3.05) is 0 Å². The lowest BCUT2D eigenvalue weighted by Gasteiger charge is -2.17. The smallest absolute Gasteiger partial charge is 0.326 e. The Kier molecular flexibility index (Phi) is 5.06. The maximum atomic E-state index is 11.1. The van der Waals surface area contributed by atoms with E-state index in [1.54, 1.807) is 0 Å². The predicted octanol–water partition coefficient (Wildman–Crippen LogP) is 0.980. The van der Waals surface area contributed by atoms with Gasteiger partial charge in [0.05, 0.1) is 0 Å². The maximum absolute atomic E-state index is 11.1. The molecule has 0 radical (unpaired) electrons. The molecule has 0 bridgehead atoms. The standard InChI is InChI=1S/C12H15NO3S/c1-8(14)11(17)13-10(12(15)16)7-9-5-3-2-4-6-9/h2-6,8,10,14H,7H2,1H3,(H,13,17)(H,15,16). The Bertz CT molecular complexity index is 392. The molecule has 0 aromatic heterocycles. The summed E-state index contributed by atoms with van der Waals surface area (Å²) in [7, 11) is 0. The average Bonchev–Trinajstić information content (AvgIpc) is 2.29. The summed E-state index contributed by atoms with van der Waals surface area (Å²) in [6.45, 7) is 1.50. The van der Waals surface area contributed by atoms with Crippen LogP contribution in [0.3, 0.4) is 0 Å². The van der Waals surface area contributed by atoms with Gasteiger partial charge >= 0.3 is 5.97 Å². The van der Waals surface area contributed by atoms with E-state index in [0.29, 0.717) is 6.42 Å². The summed E-state index contributed by atoms with van der Waals surface area (Å²) in [5.41, 5.74) is 0.904. The summed E-state index contributed by atoms with van der Waals surface area (Å²) < 4.78 is 0. The van der Waals surface area contributed by atoms with Crippen LogP contribution >= 0.6 is 12.2 Å². The number of rotatable bonds is 5. The van der Waals surface area contributed by atoms with E-state index < -0.39 is 18.1 Å². The zero-order valence-electron chi connectivity index (χ0n) is 9.46. The first-order chi connectivity index (χ1) is 8.00. The molecule has 0 saturated heterocycles. The molecule has 0 amide bonds. The Morgan fingerprint density at radius 3 is 2.47 bits per heavy atom. The molecule has 2 unspecified atom stereocenters. The van der Waals surface area contributed by atoms with Crippen molar-refractivity contribution in [2.24, 2.45) is 0 Å². The molecular weight excluding hydrogens is 238 g/mol. The Hall–Kier alpha value is -1.46. The van der Waals surface area contributed by atoms with E-state index >= 15 is 0 Å². The second-order valence-electron chi connectivity index (χ2n) is 3.77. The van der Waals surface area contributed by atoms with Gasteiger partial charge in [0.25, 0.3) is 0 Å². The highest BCUT2D eigenvalue weighted by molar-refractivity contribution is 7.80. The third-order valence-corrected chi connectivity index (χ3v) is 2.74. The van der Waals surface area contributed by atoms with Gasteiger partial charge in [-0.3, -0.25) is 0 Å². The first-order valence-corrected chi connectivity index (χ1v) is 5.66. The fourth-order valence-corrected chi connectivity index (χ4v) is 1.48. The summed E-state index contributed by atoms with van der Waals surface area (Å²) in [4.78, 5) is 11.2. The van der Waals surface area contributed by atoms with Crippen LogP contribution in [-0.2, 0) is 11.2 Å². The number of benzene rings is 1. The minimum atomic E-state index is -0.989. The second-order valence-corrected chi connectivity index (χ2v) is 4.20. The van der Waals surface area contributed by atoms with Crippen molar-refractivity contribution in [1.29, 1.82) is 0 Å². The fraction of sp³-hybridized carbons (Fsp3) is 0.333. The van der Waals surface area contributed by atoms with Crippen LogP contribution in [0.15, 0.2) is 30.3 Å². The second kappa shape index (κ2) is 6.32. The maximum Gasteiger partial charge on any atom is 0.326 e. The van der Waals surface area contributed by atoms with Crippen molar-refractivity contribution in [2.45, 2.75) is 25.5 Å². The number of aliphatic hydroxyl groups excluding tert-OH is 1. The van der Waals surface area contributed by atoms with E-state index in [-0.39, 0.29) is 4.99 Å². The van der Waals surface area contributed by atoms with E-state index in [4.69, 9.17) is 17.3 Å². The van der Waals surface area contributed by atoms with Crippen molar-refractivity contribution in [3.63, 3.8) is 0 Å². The molecule has 92 valence electrons. The molecule has 3 N–H and O–H groups in total. The SMILES string of the molecule is CC(O)C(=S)NC(Cc1ccccc1)C(=O)O. The highest BCUT2D eigenvalue weighted by Gasteiger charge is 2.20. The van der Waals surface area contributed by atoms with Crippen LogP contribution in [0.2, 0.25) is 0 Å². The van der Waals surface area contributed by atoms with E-state index in [1.807, 2.05) is 30.3 Å². The Morgan fingerprint density at radius 2 is 2.00 bits per heavy atom. The molecule has 1 aromatic carbocycles. The fourth-order valence-electron chi connectivity index (χ4n) is 1.34. The first kappa shape index (κ1) is 13.6. The van der Waals surface area contributed by atoms with Gasteiger partial charge in [-0.2, -0.15) is 0 Å². The van der Waals surface area contributed by atoms with Crippen molar-refractivity contribution in [3.05, 3.63) is 35.9 Å². The largest absolute Gasteiger partial charge is 0.480 e. The van der Waals surface area contributed by atoms with Crippen LogP contribution in [0.1, 0.15) is 12.5 Å². The van der Waals surface area contributed by atoms with Gasteiger partial charge in [-0.05, 0) is 12.5 Å². The monoisotopic (exact) mass is 253 g/mol. The van der Waals surface area contributed by atoms with Crippen LogP contribution in [0.25, 0.3) is 0 Å². The van der Waals surface area contributed by atoms with Crippen LogP contribution in [0.4, 0.5) is 0 Å². The minimum absolute atomic E-state index is 0.147. The van der Waals surface area contributed by atoms with Crippen molar-refractivity contribution < 1.29 is 15.0 Å². The third kappa shape index (κ3) is 4.50. The normalized spacial score (nSPS) is 13.8. The molecule has 0 spiro atoms. The molecule has 0 aliphatic rings. The van der Waals surface area contributed by atoms with Gasteiger partial charge in [0.15, 0.2) is 0 Å². The molecule has 5 heteroatoms. The van der Waals surface area contributed by atoms with Gasteiger partial charge in [-0.25, -0.2) is 4.79 Å². The number of carboxylic acid groups (broad SMARTS) is 1. The van der Waals surface area contributed by atoms with Crippen molar-refractivity contribution in [1.82, 2.24) is 5.32 Å². The average molecular weight is 253 g/mol. The highest BCUT2D eigenvalue weighted by atomic mass is 32.1. The zero-order chi connectivity index (χ0) is 12.8. The van der Waals surface area contributed by atoms with Gasteiger partial charge in [0.1, 0.15) is 17.1 Å². The summed E-state index contributed by atoms with van der Waals surface area (Å²) >= 11 is 4.87. The molecule has 0 aliphatic carbocycles. The lowest BCUT2D eigenvalue weighted by Crippen LogP contribution is -2.45. The number of thiocarbonyl (C=S) groups is 1. The van der Waals surface area contributed by atoms with Gasteiger partial charge in [-0.1, -0.05) is 42.5 Å². The summed E-state index contributed by atoms with van der Waals surface area (Å²) in [6, 6.07) is 8.45.